The quantitative estimate of drug-likeness (QED) is 0.786. The minimum atomic E-state index is -1.40. The number of aliphatic hydroxyl groups is 1. The van der Waals surface area contributed by atoms with Crippen molar-refractivity contribution < 1.29 is 14.7 Å². The largest absolute Gasteiger partial charge is 0.379 e. The molecule has 0 aromatic heterocycles. The van der Waals surface area contributed by atoms with Crippen LogP contribution in [0.5, 0.6) is 0 Å². The molecule has 0 spiro atoms. The molecule has 2 N–H and O–H groups in total. The van der Waals surface area contributed by atoms with Crippen molar-refractivity contribution in [3.8, 4) is 0 Å². The fraction of sp³-hybridized carbons (Fsp3) is 0.619. The number of β-amino-alcohol motifs (C(OH)–C–C–N with tert-alkyl or cyclic N) is 1. The molecular formula is C21H31N3O3. The summed E-state index contributed by atoms with van der Waals surface area (Å²) in [6.45, 7) is 6.43. The van der Waals surface area contributed by atoms with E-state index >= 15 is 0 Å². The minimum absolute atomic E-state index is 0.0553. The number of hydrogen-bond donors (Lipinski definition) is 2. The number of aryl methyl sites for hydroxylation is 1. The molecular weight excluding hydrogens is 342 g/mol. The number of piperazine rings is 1. The van der Waals surface area contributed by atoms with Crippen LogP contribution in [-0.2, 0) is 16.0 Å². The summed E-state index contributed by atoms with van der Waals surface area (Å²) in [5.74, 6) is -0.246. The summed E-state index contributed by atoms with van der Waals surface area (Å²) in [6, 6.07) is 10.2. The van der Waals surface area contributed by atoms with Gasteiger partial charge in [-0.25, -0.2) is 0 Å². The van der Waals surface area contributed by atoms with Crippen molar-refractivity contribution in [1.82, 2.24) is 15.1 Å². The van der Waals surface area contributed by atoms with Crippen LogP contribution >= 0.6 is 0 Å². The smallest absolute Gasteiger partial charge is 0.255 e. The maximum atomic E-state index is 13.0. The maximum Gasteiger partial charge on any atom is 0.255 e. The number of nitrogens with one attached hydrogen (secondary N) is 1. The van der Waals surface area contributed by atoms with Gasteiger partial charge in [-0.1, -0.05) is 30.3 Å². The van der Waals surface area contributed by atoms with Crippen LogP contribution in [0.2, 0.25) is 0 Å². The van der Waals surface area contributed by atoms with E-state index in [1.807, 2.05) is 36.9 Å². The summed E-state index contributed by atoms with van der Waals surface area (Å²) in [5.41, 5.74) is -0.859. The first kappa shape index (κ1) is 19.8. The van der Waals surface area contributed by atoms with Gasteiger partial charge >= 0.3 is 0 Å². The molecule has 0 saturated carbocycles. The van der Waals surface area contributed by atoms with E-state index in [9.17, 15) is 14.7 Å². The van der Waals surface area contributed by atoms with Gasteiger partial charge in [0.1, 0.15) is 0 Å². The molecule has 2 saturated heterocycles. The second-order valence-corrected chi connectivity index (χ2v) is 8.25. The van der Waals surface area contributed by atoms with E-state index in [2.05, 4.69) is 17.4 Å². The average molecular weight is 373 g/mol. The van der Waals surface area contributed by atoms with Crippen LogP contribution < -0.4 is 5.32 Å². The fourth-order valence-corrected chi connectivity index (χ4v) is 4.08. The highest BCUT2D eigenvalue weighted by Crippen LogP contribution is 2.28. The van der Waals surface area contributed by atoms with Gasteiger partial charge in [0, 0.05) is 32.7 Å². The summed E-state index contributed by atoms with van der Waals surface area (Å²) in [4.78, 5) is 28.9. The van der Waals surface area contributed by atoms with Crippen molar-refractivity contribution in [2.24, 2.45) is 0 Å². The van der Waals surface area contributed by atoms with Crippen LogP contribution in [0.15, 0.2) is 30.3 Å². The van der Waals surface area contributed by atoms with Gasteiger partial charge in [-0.3, -0.25) is 14.5 Å². The number of benzene rings is 1. The third-order valence-corrected chi connectivity index (χ3v) is 5.91. The van der Waals surface area contributed by atoms with Crippen LogP contribution in [0.1, 0.15) is 38.7 Å². The Morgan fingerprint density at radius 1 is 1.15 bits per heavy atom. The minimum Gasteiger partial charge on any atom is -0.379 e. The van der Waals surface area contributed by atoms with Crippen molar-refractivity contribution in [1.29, 1.82) is 0 Å². The molecule has 27 heavy (non-hydrogen) atoms. The predicted molar refractivity (Wildman–Crippen MR) is 104 cm³/mol. The average Bonchev–Trinajstić information content (AvgIpc) is 2.64. The lowest BCUT2D eigenvalue weighted by molar-refractivity contribution is -0.164. The summed E-state index contributed by atoms with van der Waals surface area (Å²) in [6.07, 6.45) is 3.04. The van der Waals surface area contributed by atoms with Crippen molar-refractivity contribution in [2.45, 2.75) is 50.7 Å². The van der Waals surface area contributed by atoms with Gasteiger partial charge in [-0.05, 0) is 45.1 Å². The Kier molecular flexibility index (Phi) is 5.86. The molecule has 2 aliphatic heterocycles. The van der Waals surface area contributed by atoms with Gasteiger partial charge in [0.25, 0.3) is 5.91 Å². The molecule has 0 bridgehead atoms. The lowest BCUT2D eigenvalue weighted by atomic mass is 9.88. The Morgan fingerprint density at radius 3 is 2.63 bits per heavy atom. The molecule has 6 heteroatoms. The van der Waals surface area contributed by atoms with E-state index in [0.717, 1.165) is 19.3 Å². The topological polar surface area (TPSA) is 72.9 Å². The highest BCUT2D eigenvalue weighted by molar-refractivity contribution is 5.88. The van der Waals surface area contributed by atoms with Gasteiger partial charge in [-0.2, -0.15) is 0 Å². The zero-order chi connectivity index (χ0) is 19.5. The van der Waals surface area contributed by atoms with E-state index in [0.29, 0.717) is 32.6 Å². The lowest BCUT2D eigenvalue weighted by Gasteiger charge is -2.46. The number of piperidine rings is 1. The Morgan fingerprint density at radius 2 is 1.89 bits per heavy atom. The number of amides is 2. The second kappa shape index (κ2) is 7.98. The Hall–Kier alpha value is -1.92. The van der Waals surface area contributed by atoms with E-state index < -0.39 is 11.1 Å². The first-order valence-corrected chi connectivity index (χ1v) is 9.92. The molecule has 6 nitrogen and oxygen atoms in total. The monoisotopic (exact) mass is 373 g/mol. The SMILES string of the molecule is CC1(C)C(=O)NCCN1CC1(O)CCCN(CCCc2ccccc2)C1=O. The predicted octanol–water partition coefficient (Wildman–Crippen LogP) is 1.18. The van der Waals surface area contributed by atoms with Gasteiger partial charge in [0.15, 0.2) is 5.60 Å². The normalized spacial score (nSPS) is 26.1. The number of rotatable bonds is 6. The van der Waals surface area contributed by atoms with Gasteiger partial charge in [-0.15, -0.1) is 0 Å². The summed E-state index contributed by atoms with van der Waals surface area (Å²) in [5, 5.41) is 14.0. The molecule has 3 rings (SSSR count). The Labute approximate surface area is 161 Å². The van der Waals surface area contributed by atoms with Crippen LogP contribution in [0, 0.1) is 0 Å². The number of nitrogens with zero attached hydrogens (tertiary/aromatic N) is 2. The first-order valence-electron chi connectivity index (χ1n) is 9.92. The summed E-state index contributed by atoms with van der Waals surface area (Å²) < 4.78 is 0. The standard InChI is InChI=1S/C21H31N3O3/c1-20(2)18(25)22-12-15-24(20)16-21(27)11-7-14-23(19(21)26)13-6-10-17-8-4-3-5-9-17/h3-5,8-9,27H,6-7,10-16H2,1-2H3,(H,22,25). The molecule has 2 aliphatic rings. The van der Waals surface area contributed by atoms with Crippen LogP contribution in [0.4, 0.5) is 0 Å². The molecule has 1 aromatic carbocycles. The van der Waals surface area contributed by atoms with E-state index in [1.54, 1.807) is 4.90 Å². The summed E-state index contributed by atoms with van der Waals surface area (Å²) in [7, 11) is 0. The Bertz CT molecular complexity index is 677. The molecule has 0 radical (unpaired) electrons. The number of carbonyl (C=O) groups is 2. The molecule has 1 atom stereocenters. The van der Waals surface area contributed by atoms with Crippen molar-refractivity contribution in [3.05, 3.63) is 35.9 Å². The van der Waals surface area contributed by atoms with E-state index in [-0.39, 0.29) is 18.4 Å². The molecule has 2 fully saturated rings. The summed E-state index contributed by atoms with van der Waals surface area (Å²) >= 11 is 0. The molecule has 1 aromatic rings. The molecule has 2 amide bonds. The maximum absolute atomic E-state index is 13.0. The van der Waals surface area contributed by atoms with Gasteiger partial charge < -0.3 is 15.3 Å². The zero-order valence-electron chi connectivity index (χ0n) is 16.4. The van der Waals surface area contributed by atoms with Crippen molar-refractivity contribution >= 4 is 11.8 Å². The molecule has 0 aliphatic carbocycles. The van der Waals surface area contributed by atoms with Gasteiger partial charge in [0.05, 0.1) is 5.54 Å². The lowest BCUT2D eigenvalue weighted by Crippen LogP contribution is -2.67. The first-order chi connectivity index (χ1) is 12.8. The van der Waals surface area contributed by atoms with E-state index in [4.69, 9.17) is 0 Å². The molecule has 2 heterocycles. The van der Waals surface area contributed by atoms with Crippen LogP contribution in [0.3, 0.4) is 0 Å². The molecule has 148 valence electrons. The third-order valence-electron chi connectivity index (χ3n) is 5.91. The second-order valence-electron chi connectivity index (χ2n) is 8.25. The highest BCUT2D eigenvalue weighted by Gasteiger charge is 2.47. The Balaban J connectivity index is 1.60. The van der Waals surface area contributed by atoms with Crippen molar-refractivity contribution in [3.63, 3.8) is 0 Å². The number of carbonyl (C=O) groups excluding carboxylic acids is 2. The van der Waals surface area contributed by atoms with Gasteiger partial charge in [0.2, 0.25) is 5.91 Å². The van der Waals surface area contributed by atoms with Crippen molar-refractivity contribution in [2.75, 3.05) is 32.7 Å². The highest BCUT2D eigenvalue weighted by atomic mass is 16.3. The van der Waals surface area contributed by atoms with Crippen LogP contribution in [-0.4, -0.2) is 70.6 Å². The number of hydrogen-bond acceptors (Lipinski definition) is 4. The van der Waals surface area contributed by atoms with Crippen LogP contribution in [0.25, 0.3) is 0 Å². The molecule has 1 unspecified atom stereocenters. The third kappa shape index (κ3) is 4.33. The van der Waals surface area contributed by atoms with E-state index in [1.165, 1.54) is 5.56 Å². The zero-order valence-corrected chi connectivity index (χ0v) is 16.4. The number of likely N-dealkylation sites (tertiary alicyclic amines) is 1. The fourth-order valence-electron chi connectivity index (χ4n) is 4.08.